The Balaban J connectivity index is 1.57. The van der Waals surface area contributed by atoms with E-state index in [1.54, 1.807) is 5.57 Å². The van der Waals surface area contributed by atoms with Crippen LogP contribution in [-0.4, -0.2) is 31.1 Å². The van der Waals surface area contributed by atoms with E-state index in [0.29, 0.717) is 0 Å². The van der Waals surface area contributed by atoms with Crippen molar-refractivity contribution in [2.75, 3.05) is 26.2 Å². The summed E-state index contributed by atoms with van der Waals surface area (Å²) >= 11 is 6.23. The van der Waals surface area contributed by atoms with Crippen LogP contribution < -0.4 is 0 Å². The zero-order valence-electron chi connectivity index (χ0n) is 14.1. The van der Waals surface area contributed by atoms with E-state index in [1.165, 1.54) is 18.4 Å². The molecule has 0 heterocycles. The number of hydrogen-bond acceptors (Lipinski definition) is 2. The van der Waals surface area contributed by atoms with Crippen molar-refractivity contribution in [2.24, 2.45) is 23.7 Å². The van der Waals surface area contributed by atoms with Gasteiger partial charge in [-0.3, -0.25) is 0 Å². The smallest absolute Gasteiger partial charge is 0.126 e. The van der Waals surface area contributed by atoms with Gasteiger partial charge in [-0.15, -0.1) is 0 Å². The molecule has 3 heteroatoms. The molecule has 0 spiro atoms. The Labute approximate surface area is 144 Å². The van der Waals surface area contributed by atoms with Gasteiger partial charge in [-0.1, -0.05) is 37.6 Å². The normalized spacial score (nSPS) is 32.5. The molecule has 0 aliphatic heterocycles. The van der Waals surface area contributed by atoms with E-state index < -0.39 is 0 Å². The van der Waals surface area contributed by atoms with Gasteiger partial charge in [0.15, 0.2) is 0 Å². The van der Waals surface area contributed by atoms with Crippen LogP contribution in [0.5, 0.6) is 0 Å². The second-order valence-electron chi connectivity index (χ2n) is 7.19. The SMILES string of the molecule is CCN(CC)CCOC(=C1C2CC3C(C2)C13)c1cccc(Cl)c1. The van der Waals surface area contributed by atoms with Crippen LogP contribution in [0.1, 0.15) is 32.3 Å². The number of allylic oxidation sites excluding steroid dienone is 1. The average Bonchev–Trinajstić information content (AvgIpc) is 2.92. The summed E-state index contributed by atoms with van der Waals surface area (Å²) in [6, 6.07) is 8.19. The van der Waals surface area contributed by atoms with Crippen molar-refractivity contribution in [3.8, 4) is 0 Å². The highest BCUT2D eigenvalue weighted by atomic mass is 35.5. The predicted octanol–water partition coefficient (Wildman–Crippen LogP) is 4.70. The van der Waals surface area contributed by atoms with Gasteiger partial charge in [0, 0.05) is 17.1 Å². The van der Waals surface area contributed by atoms with E-state index in [4.69, 9.17) is 16.3 Å². The summed E-state index contributed by atoms with van der Waals surface area (Å²) in [5, 5.41) is 0.797. The summed E-state index contributed by atoms with van der Waals surface area (Å²) in [7, 11) is 0. The third-order valence-corrected chi connectivity index (χ3v) is 6.38. The molecule has 1 aromatic rings. The lowest BCUT2D eigenvalue weighted by molar-refractivity contribution is 0.200. The molecule has 2 nitrogen and oxygen atoms in total. The number of likely N-dealkylation sites (N-methyl/N-ethyl adjacent to an activating group) is 1. The first-order valence-corrected chi connectivity index (χ1v) is 9.45. The fourth-order valence-electron chi connectivity index (χ4n) is 4.94. The van der Waals surface area contributed by atoms with Crippen LogP contribution in [0, 0.1) is 23.7 Å². The first-order valence-electron chi connectivity index (χ1n) is 9.08. The monoisotopic (exact) mass is 331 g/mol. The summed E-state index contributed by atoms with van der Waals surface area (Å²) in [6.45, 7) is 8.34. The lowest BCUT2D eigenvalue weighted by Gasteiger charge is -2.21. The van der Waals surface area contributed by atoms with Crippen LogP contribution in [0.2, 0.25) is 5.02 Å². The lowest BCUT2D eigenvalue weighted by atomic mass is 10.00. The number of nitrogens with zero attached hydrogens (tertiary/aromatic N) is 1. The first kappa shape index (κ1) is 15.5. The van der Waals surface area contributed by atoms with Gasteiger partial charge in [-0.05, 0) is 67.3 Å². The van der Waals surface area contributed by atoms with Crippen molar-refractivity contribution in [1.82, 2.24) is 4.90 Å². The molecule has 2 unspecified atom stereocenters. The van der Waals surface area contributed by atoms with Crippen molar-refractivity contribution < 1.29 is 4.74 Å². The molecule has 4 fully saturated rings. The molecule has 4 aliphatic carbocycles. The minimum absolute atomic E-state index is 0.766. The van der Waals surface area contributed by atoms with Gasteiger partial charge in [0.2, 0.25) is 0 Å². The molecule has 4 saturated carbocycles. The molecule has 4 bridgehead atoms. The highest BCUT2D eigenvalue weighted by Crippen LogP contribution is 2.74. The van der Waals surface area contributed by atoms with Crippen LogP contribution in [0.4, 0.5) is 0 Å². The van der Waals surface area contributed by atoms with Crippen molar-refractivity contribution >= 4 is 17.4 Å². The molecule has 5 rings (SSSR count). The number of hydrogen-bond donors (Lipinski definition) is 0. The van der Waals surface area contributed by atoms with E-state index >= 15 is 0 Å². The molecule has 4 aliphatic rings. The zero-order chi connectivity index (χ0) is 16.0. The van der Waals surface area contributed by atoms with E-state index in [-0.39, 0.29) is 0 Å². The van der Waals surface area contributed by atoms with Gasteiger partial charge >= 0.3 is 0 Å². The fraction of sp³-hybridized carbons (Fsp3) is 0.600. The molecule has 0 amide bonds. The molecule has 0 N–H and O–H groups in total. The number of benzene rings is 1. The molecule has 124 valence electrons. The van der Waals surface area contributed by atoms with Crippen LogP contribution in [-0.2, 0) is 4.74 Å². The second-order valence-corrected chi connectivity index (χ2v) is 7.63. The average molecular weight is 332 g/mol. The summed E-state index contributed by atoms with van der Waals surface area (Å²) in [5.41, 5.74) is 2.78. The van der Waals surface area contributed by atoms with Crippen LogP contribution >= 0.6 is 11.6 Å². The summed E-state index contributed by atoms with van der Waals surface area (Å²) in [6.07, 6.45) is 2.79. The van der Waals surface area contributed by atoms with Crippen LogP contribution in [0.15, 0.2) is 29.8 Å². The summed E-state index contributed by atoms with van der Waals surface area (Å²) in [5.74, 6) is 4.68. The highest BCUT2D eigenvalue weighted by molar-refractivity contribution is 6.30. The molecule has 0 radical (unpaired) electrons. The van der Waals surface area contributed by atoms with Gasteiger partial charge in [0.1, 0.15) is 12.4 Å². The highest BCUT2D eigenvalue weighted by Gasteiger charge is 2.66. The Morgan fingerprint density at radius 1 is 1.22 bits per heavy atom. The largest absolute Gasteiger partial charge is 0.492 e. The van der Waals surface area contributed by atoms with E-state index in [9.17, 15) is 0 Å². The third kappa shape index (κ3) is 2.70. The minimum Gasteiger partial charge on any atom is -0.492 e. The Hall–Kier alpha value is -0.990. The quantitative estimate of drug-likeness (QED) is 0.672. The Bertz CT molecular complexity index is 606. The number of halogens is 1. The van der Waals surface area contributed by atoms with E-state index in [0.717, 1.165) is 60.7 Å². The molecular weight excluding hydrogens is 306 g/mol. The molecule has 2 atom stereocenters. The molecule has 23 heavy (non-hydrogen) atoms. The topological polar surface area (TPSA) is 12.5 Å². The van der Waals surface area contributed by atoms with Gasteiger partial charge in [0.25, 0.3) is 0 Å². The fourth-order valence-corrected chi connectivity index (χ4v) is 5.14. The van der Waals surface area contributed by atoms with Crippen molar-refractivity contribution in [3.63, 3.8) is 0 Å². The maximum absolute atomic E-state index is 6.37. The van der Waals surface area contributed by atoms with Crippen molar-refractivity contribution in [1.29, 1.82) is 0 Å². The Morgan fingerprint density at radius 3 is 2.52 bits per heavy atom. The van der Waals surface area contributed by atoms with Gasteiger partial charge in [0.05, 0.1) is 0 Å². The lowest BCUT2D eigenvalue weighted by Crippen LogP contribution is -2.27. The third-order valence-electron chi connectivity index (χ3n) is 6.14. The Morgan fingerprint density at radius 2 is 1.96 bits per heavy atom. The van der Waals surface area contributed by atoms with Gasteiger partial charge < -0.3 is 9.64 Å². The second kappa shape index (κ2) is 6.14. The van der Waals surface area contributed by atoms with Gasteiger partial charge in [-0.25, -0.2) is 0 Å². The van der Waals surface area contributed by atoms with E-state index in [1.807, 2.05) is 12.1 Å². The van der Waals surface area contributed by atoms with Gasteiger partial charge in [-0.2, -0.15) is 0 Å². The number of rotatable bonds is 7. The molecular formula is C20H26ClNO. The summed E-state index contributed by atoms with van der Waals surface area (Å²) < 4.78 is 6.37. The predicted molar refractivity (Wildman–Crippen MR) is 95.3 cm³/mol. The minimum atomic E-state index is 0.766. The maximum atomic E-state index is 6.37. The first-order chi connectivity index (χ1) is 11.2. The summed E-state index contributed by atoms with van der Waals surface area (Å²) in [4.78, 5) is 2.41. The van der Waals surface area contributed by atoms with Crippen molar-refractivity contribution in [3.05, 3.63) is 40.4 Å². The maximum Gasteiger partial charge on any atom is 0.126 e. The van der Waals surface area contributed by atoms with Crippen LogP contribution in [0.25, 0.3) is 5.76 Å². The zero-order valence-corrected chi connectivity index (χ0v) is 14.9. The molecule has 0 saturated heterocycles. The molecule has 1 aromatic carbocycles. The van der Waals surface area contributed by atoms with E-state index in [2.05, 4.69) is 30.9 Å². The standard InChI is InChI=1S/C20H26ClNO/c1-3-22(4-2)8-9-23-20(13-6-5-7-15(21)10-13)18-14-11-16-17(12-14)19(16)18/h5-7,10,14,16-17,19H,3-4,8-9,11-12H2,1-2H3. The van der Waals surface area contributed by atoms with Crippen LogP contribution in [0.3, 0.4) is 0 Å². The van der Waals surface area contributed by atoms with Crippen molar-refractivity contribution in [2.45, 2.75) is 26.7 Å². The Kier molecular flexibility index (Phi) is 4.15. The number of ether oxygens (including phenoxy) is 1. The molecule has 0 aromatic heterocycles.